The number of para-hydroxylation sites is 1. The van der Waals surface area contributed by atoms with Gasteiger partial charge >= 0.3 is 5.97 Å². The molecule has 2 aliphatic rings. The molecule has 6 nitrogen and oxygen atoms in total. The van der Waals surface area contributed by atoms with Crippen LogP contribution in [0.4, 0.5) is 5.69 Å². The Bertz CT molecular complexity index is 633. The summed E-state index contributed by atoms with van der Waals surface area (Å²) >= 11 is 1.29. The Balaban J connectivity index is 1.97. The van der Waals surface area contributed by atoms with Crippen molar-refractivity contribution >= 4 is 35.2 Å². The average molecular weight is 306 g/mol. The van der Waals surface area contributed by atoms with E-state index >= 15 is 0 Å². The van der Waals surface area contributed by atoms with Crippen LogP contribution in [0.25, 0.3) is 0 Å². The number of ether oxygens (including phenoxy) is 1. The fraction of sp³-hybridized carbons (Fsp3) is 0.357. The van der Waals surface area contributed by atoms with Crippen molar-refractivity contribution in [2.45, 2.75) is 11.3 Å². The lowest BCUT2D eigenvalue weighted by Gasteiger charge is -2.31. The number of methoxy groups -OCH3 is 1. The van der Waals surface area contributed by atoms with Crippen LogP contribution in [-0.4, -0.2) is 42.1 Å². The molecule has 0 unspecified atom stereocenters. The molecule has 21 heavy (non-hydrogen) atoms. The monoisotopic (exact) mass is 306 g/mol. The second-order valence-corrected chi connectivity index (χ2v) is 5.97. The molecule has 3 rings (SSSR count). The molecule has 1 N–H and O–H groups in total. The van der Waals surface area contributed by atoms with Crippen LogP contribution in [0.1, 0.15) is 12.0 Å². The van der Waals surface area contributed by atoms with E-state index in [9.17, 15) is 14.4 Å². The number of nitrogens with one attached hydrogen (secondary N) is 1. The first-order chi connectivity index (χ1) is 10.1. The fourth-order valence-electron chi connectivity index (χ4n) is 2.71. The SMILES string of the molecule is COC(=O)CCN1C(=O)CS[C@@]12C(=O)Nc1ccccc12. The van der Waals surface area contributed by atoms with Crippen molar-refractivity contribution in [3.63, 3.8) is 0 Å². The molecule has 0 bridgehead atoms. The van der Waals surface area contributed by atoms with Crippen molar-refractivity contribution in [3.05, 3.63) is 29.8 Å². The van der Waals surface area contributed by atoms with Crippen molar-refractivity contribution in [3.8, 4) is 0 Å². The van der Waals surface area contributed by atoms with Gasteiger partial charge in [0, 0.05) is 17.8 Å². The number of carbonyl (C=O) groups is 3. The Labute approximate surface area is 125 Å². The van der Waals surface area contributed by atoms with E-state index in [4.69, 9.17) is 0 Å². The summed E-state index contributed by atoms with van der Waals surface area (Å²) in [6, 6.07) is 7.31. The van der Waals surface area contributed by atoms with Gasteiger partial charge in [-0.1, -0.05) is 18.2 Å². The second-order valence-electron chi connectivity index (χ2n) is 4.80. The summed E-state index contributed by atoms with van der Waals surface area (Å²) in [4.78, 5) is 36.4. The van der Waals surface area contributed by atoms with Gasteiger partial charge in [-0.2, -0.15) is 0 Å². The molecule has 1 atom stereocenters. The molecule has 1 saturated heterocycles. The first-order valence-electron chi connectivity index (χ1n) is 6.52. The van der Waals surface area contributed by atoms with E-state index in [2.05, 4.69) is 10.1 Å². The van der Waals surface area contributed by atoms with E-state index in [0.717, 1.165) is 5.56 Å². The van der Waals surface area contributed by atoms with Crippen LogP contribution < -0.4 is 5.32 Å². The lowest BCUT2D eigenvalue weighted by molar-refractivity contribution is -0.143. The number of nitrogens with zero attached hydrogens (tertiary/aromatic N) is 1. The standard InChI is InChI=1S/C14H14N2O4S/c1-20-12(18)6-7-16-11(17)8-21-14(16)9-4-2-3-5-10(9)15-13(14)19/h2-5H,6-8H2,1H3,(H,15,19)/t14-/m0/s1. The number of fused-ring (bicyclic) bond motifs is 2. The molecule has 1 fully saturated rings. The highest BCUT2D eigenvalue weighted by Crippen LogP contribution is 2.51. The van der Waals surface area contributed by atoms with E-state index in [0.29, 0.717) is 5.69 Å². The first kappa shape index (κ1) is 13.9. The van der Waals surface area contributed by atoms with Gasteiger partial charge in [-0.3, -0.25) is 14.4 Å². The highest BCUT2D eigenvalue weighted by atomic mass is 32.2. The summed E-state index contributed by atoms with van der Waals surface area (Å²) in [5.41, 5.74) is 1.49. The maximum absolute atomic E-state index is 12.5. The number of rotatable bonds is 3. The summed E-state index contributed by atoms with van der Waals surface area (Å²) in [5.74, 6) is -0.551. The second kappa shape index (κ2) is 5.07. The Morgan fingerprint density at radius 1 is 1.43 bits per heavy atom. The van der Waals surface area contributed by atoms with Gasteiger partial charge in [0.25, 0.3) is 5.91 Å². The third-order valence-electron chi connectivity index (χ3n) is 3.70. The van der Waals surface area contributed by atoms with Crippen LogP contribution in [0.15, 0.2) is 24.3 Å². The van der Waals surface area contributed by atoms with E-state index < -0.39 is 10.8 Å². The minimum Gasteiger partial charge on any atom is -0.469 e. The lowest BCUT2D eigenvalue weighted by atomic mass is 10.1. The zero-order chi connectivity index (χ0) is 15.0. The van der Waals surface area contributed by atoms with Crippen molar-refractivity contribution in [1.82, 2.24) is 4.90 Å². The number of esters is 1. The molecule has 0 aliphatic carbocycles. The summed E-state index contributed by atoms with van der Waals surface area (Å²) in [6.45, 7) is 0.167. The number of thioether (sulfide) groups is 1. The van der Waals surface area contributed by atoms with Crippen molar-refractivity contribution < 1.29 is 19.1 Å². The van der Waals surface area contributed by atoms with Crippen LogP contribution in [-0.2, 0) is 24.0 Å². The van der Waals surface area contributed by atoms with Gasteiger partial charge in [-0.05, 0) is 6.07 Å². The number of anilines is 1. The smallest absolute Gasteiger partial charge is 0.307 e. The third-order valence-corrected chi connectivity index (χ3v) is 5.14. The molecular weight excluding hydrogens is 292 g/mol. The van der Waals surface area contributed by atoms with Gasteiger partial charge in [0.05, 0.1) is 19.3 Å². The minimum atomic E-state index is -1.05. The summed E-state index contributed by atoms with van der Waals surface area (Å²) in [7, 11) is 1.30. The van der Waals surface area contributed by atoms with Crippen molar-refractivity contribution in [2.24, 2.45) is 0 Å². The van der Waals surface area contributed by atoms with Gasteiger partial charge < -0.3 is 15.0 Å². The number of hydrogen-bond acceptors (Lipinski definition) is 5. The first-order valence-corrected chi connectivity index (χ1v) is 7.50. The topological polar surface area (TPSA) is 75.7 Å². The largest absolute Gasteiger partial charge is 0.469 e. The lowest BCUT2D eigenvalue weighted by Crippen LogP contribution is -2.47. The molecule has 1 aromatic rings. The molecule has 0 saturated carbocycles. The molecule has 7 heteroatoms. The van der Waals surface area contributed by atoms with E-state index in [1.807, 2.05) is 24.3 Å². The fourth-order valence-corrected chi connectivity index (χ4v) is 4.07. The highest BCUT2D eigenvalue weighted by Gasteiger charge is 2.57. The Kier molecular flexibility index (Phi) is 3.36. The van der Waals surface area contributed by atoms with Gasteiger partial charge in [0.15, 0.2) is 4.87 Å². The van der Waals surface area contributed by atoms with E-state index in [1.54, 1.807) is 0 Å². The van der Waals surface area contributed by atoms with Gasteiger partial charge in [0.1, 0.15) is 0 Å². The van der Waals surface area contributed by atoms with Crippen LogP contribution in [0.3, 0.4) is 0 Å². The maximum atomic E-state index is 12.5. The molecule has 110 valence electrons. The Hall–Kier alpha value is -2.02. The molecular formula is C14H14N2O4S. The van der Waals surface area contributed by atoms with Crippen molar-refractivity contribution in [1.29, 1.82) is 0 Å². The zero-order valence-electron chi connectivity index (χ0n) is 11.4. The van der Waals surface area contributed by atoms with Crippen LogP contribution in [0.2, 0.25) is 0 Å². The van der Waals surface area contributed by atoms with Gasteiger partial charge in [-0.25, -0.2) is 0 Å². The summed E-state index contributed by atoms with van der Waals surface area (Å²) in [5, 5.41) is 2.81. The normalized spacial score (nSPS) is 23.4. The highest BCUT2D eigenvalue weighted by molar-refractivity contribution is 8.02. The number of carbonyl (C=O) groups excluding carboxylic acids is 3. The van der Waals surface area contributed by atoms with E-state index in [-0.39, 0.29) is 30.5 Å². The van der Waals surface area contributed by atoms with Gasteiger partial charge in [0.2, 0.25) is 5.91 Å². The summed E-state index contributed by atoms with van der Waals surface area (Å²) in [6.07, 6.45) is 0.0694. The molecule has 1 spiro atoms. The predicted molar refractivity (Wildman–Crippen MR) is 77.6 cm³/mol. The van der Waals surface area contributed by atoms with E-state index in [1.165, 1.54) is 23.8 Å². The quantitative estimate of drug-likeness (QED) is 0.841. The van der Waals surface area contributed by atoms with Gasteiger partial charge in [-0.15, -0.1) is 11.8 Å². The molecule has 0 aromatic heterocycles. The number of amides is 2. The zero-order valence-corrected chi connectivity index (χ0v) is 12.2. The van der Waals surface area contributed by atoms with Crippen molar-refractivity contribution in [2.75, 3.05) is 24.7 Å². The number of hydrogen-bond donors (Lipinski definition) is 1. The maximum Gasteiger partial charge on any atom is 0.307 e. The molecule has 0 radical (unpaired) electrons. The summed E-state index contributed by atoms with van der Waals surface area (Å²) < 4.78 is 4.61. The third kappa shape index (κ3) is 1.99. The molecule has 2 amide bonds. The predicted octanol–water partition coefficient (Wildman–Crippen LogP) is 0.930. The Morgan fingerprint density at radius 2 is 2.19 bits per heavy atom. The molecule has 2 heterocycles. The number of benzene rings is 1. The molecule has 1 aromatic carbocycles. The van der Waals surface area contributed by atoms with Crippen LogP contribution in [0, 0.1) is 0 Å². The van der Waals surface area contributed by atoms with Crippen LogP contribution >= 0.6 is 11.8 Å². The van der Waals surface area contributed by atoms with Crippen LogP contribution in [0.5, 0.6) is 0 Å². The molecule has 2 aliphatic heterocycles. The average Bonchev–Trinajstić information content (AvgIpc) is 2.97. The minimum absolute atomic E-state index is 0.0694. The Morgan fingerprint density at radius 3 is 2.95 bits per heavy atom.